The first-order chi connectivity index (χ1) is 7.19. The third-order valence-corrected chi connectivity index (χ3v) is 2.37. The average molecular weight is 227 g/mol. The van der Waals surface area contributed by atoms with Gasteiger partial charge in [-0.15, -0.1) is 0 Å². The van der Waals surface area contributed by atoms with Gasteiger partial charge in [-0.2, -0.15) is 0 Å². The highest BCUT2D eigenvalue weighted by atomic mass is 32.1. The Morgan fingerprint density at radius 3 is 2.47 bits per heavy atom. The third kappa shape index (κ3) is 3.25. The van der Waals surface area contributed by atoms with Crippen LogP contribution in [0.1, 0.15) is 13.3 Å². The lowest BCUT2D eigenvalue weighted by molar-refractivity contribution is 0.357. The number of nitrogens with zero attached hydrogens (tertiary/aromatic N) is 1. The Balaban J connectivity index is 2.88. The summed E-state index contributed by atoms with van der Waals surface area (Å²) in [6, 6.07) is 6.09. The van der Waals surface area contributed by atoms with Gasteiger partial charge in [0.1, 0.15) is 10.8 Å². The molecule has 0 amide bonds. The molecule has 0 aliphatic carbocycles. The monoisotopic (exact) mass is 227 g/mol. The second kappa shape index (κ2) is 5.78. The van der Waals surface area contributed by atoms with E-state index in [1.54, 1.807) is 12.1 Å². The van der Waals surface area contributed by atoms with Crippen molar-refractivity contribution in [1.82, 2.24) is 0 Å². The van der Waals surface area contributed by atoms with E-state index in [9.17, 15) is 4.39 Å². The quantitative estimate of drug-likeness (QED) is 0.799. The zero-order valence-corrected chi connectivity index (χ0v) is 9.43. The van der Waals surface area contributed by atoms with E-state index in [-0.39, 0.29) is 12.4 Å². The highest BCUT2D eigenvalue weighted by Crippen LogP contribution is 2.15. The van der Waals surface area contributed by atoms with Gasteiger partial charge >= 0.3 is 0 Å². The molecular formula is C11H14FNOS. The van der Waals surface area contributed by atoms with Crippen molar-refractivity contribution in [3.8, 4) is 0 Å². The summed E-state index contributed by atoms with van der Waals surface area (Å²) in [7, 11) is 0. The Bertz CT molecular complexity index is 326. The molecule has 82 valence electrons. The van der Waals surface area contributed by atoms with Crippen LogP contribution < -0.4 is 4.90 Å². The molecule has 0 heterocycles. The number of benzene rings is 1. The van der Waals surface area contributed by atoms with Crippen molar-refractivity contribution in [2.45, 2.75) is 13.3 Å². The van der Waals surface area contributed by atoms with Crippen LogP contribution in [-0.4, -0.2) is 23.2 Å². The van der Waals surface area contributed by atoms with Gasteiger partial charge in [0.25, 0.3) is 0 Å². The number of thiocarbonyl (C=S) groups is 1. The Labute approximate surface area is 94.3 Å². The maximum atomic E-state index is 12.7. The molecule has 0 radical (unpaired) electrons. The van der Waals surface area contributed by atoms with E-state index in [4.69, 9.17) is 17.3 Å². The number of hydrogen-bond acceptors (Lipinski definition) is 2. The standard InChI is InChI=1S/C11H14FNOS/c1-2-7-13(11(15)8-14)10-5-3-9(12)4-6-10/h3-6,14H,2,7-8H2,1H3. The topological polar surface area (TPSA) is 23.5 Å². The predicted molar refractivity (Wildman–Crippen MR) is 63.7 cm³/mol. The molecule has 1 rings (SSSR count). The maximum absolute atomic E-state index is 12.7. The summed E-state index contributed by atoms with van der Waals surface area (Å²) in [6.07, 6.45) is 0.914. The summed E-state index contributed by atoms with van der Waals surface area (Å²) >= 11 is 5.04. The van der Waals surface area contributed by atoms with Crippen LogP contribution in [0.15, 0.2) is 24.3 Å². The molecule has 0 aliphatic heterocycles. The Morgan fingerprint density at radius 1 is 1.40 bits per heavy atom. The summed E-state index contributed by atoms with van der Waals surface area (Å²) in [5.74, 6) is -0.273. The first kappa shape index (κ1) is 12.1. The summed E-state index contributed by atoms with van der Waals surface area (Å²) in [4.78, 5) is 2.28. The van der Waals surface area contributed by atoms with Gasteiger partial charge in [0, 0.05) is 12.2 Å². The van der Waals surface area contributed by atoms with Crippen molar-refractivity contribution in [2.75, 3.05) is 18.1 Å². The maximum Gasteiger partial charge on any atom is 0.123 e. The second-order valence-corrected chi connectivity index (χ2v) is 3.65. The lowest BCUT2D eigenvalue weighted by atomic mass is 10.2. The fraction of sp³-hybridized carbons (Fsp3) is 0.364. The molecule has 4 heteroatoms. The largest absolute Gasteiger partial charge is 0.389 e. The van der Waals surface area contributed by atoms with Crippen LogP contribution in [0.3, 0.4) is 0 Å². The molecule has 1 aromatic carbocycles. The number of anilines is 1. The van der Waals surface area contributed by atoms with Gasteiger partial charge in [0.2, 0.25) is 0 Å². The highest BCUT2D eigenvalue weighted by Gasteiger charge is 2.09. The van der Waals surface area contributed by atoms with Crippen LogP contribution >= 0.6 is 12.2 Å². The molecule has 0 aromatic heterocycles. The average Bonchev–Trinajstić information content (AvgIpc) is 2.26. The van der Waals surface area contributed by atoms with Gasteiger partial charge in [-0.1, -0.05) is 19.1 Å². The van der Waals surface area contributed by atoms with Crippen molar-refractivity contribution >= 4 is 22.9 Å². The van der Waals surface area contributed by atoms with Gasteiger partial charge in [-0.25, -0.2) is 4.39 Å². The summed E-state index contributed by atoms with van der Waals surface area (Å²) in [6.45, 7) is 2.59. The summed E-state index contributed by atoms with van der Waals surface area (Å²) in [5.41, 5.74) is 0.817. The van der Waals surface area contributed by atoms with E-state index in [0.717, 1.165) is 18.7 Å². The molecule has 0 aliphatic rings. The number of aliphatic hydroxyl groups excluding tert-OH is 1. The van der Waals surface area contributed by atoms with Crippen molar-refractivity contribution in [1.29, 1.82) is 0 Å². The van der Waals surface area contributed by atoms with E-state index in [1.807, 2.05) is 11.8 Å². The van der Waals surface area contributed by atoms with Crippen LogP contribution in [0, 0.1) is 5.82 Å². The first-order valence-electron chi connectivity index (χ1n) is 4.85. The van der Waals surface area contributed by atoms with E-state index in [1.165, 1.54) is 12.1 Å². The van der Waals surface area contributed by atoms with E-state index >= 15 is 0 Å². The lowest BCUT2D eigenvalue weighted by Gasteiger charge is -2.23. The molecule has 0 atom stereocenters. The Hall–Kier alpha value is -1.00. The van der Waals surface area contributed by atoms with Gasteiger partial charge in [0.05, 0.1) is 6.61 Å². The van der Waals surface area contributed by atoms with Gasteiger partial charge in [0.15, 0.2) is 0 Å². The van der Waals surface area contributed by atoms with Crippen molar-refractivity contribution in [2.24, 2.45) is 0 Å². The molecule has 0 saturated carbocycles. The van der Waals surface area contributed by atoms with Gasteiger partial charge in [-0.3, -0.25) is 0 Å². The van der Waals surface area contributed by atoms with Crippen molar-refractivity contribution in [3.05, 3.63) is 30.1 Å². The van der Waals surface area contributed by atoms with Crippen molar-refractivity contribution in [3.63, 3.8) is 0 Å². The van der Waals surface area contributed by atoms with E-state index in [0.29, 0.717) is 4.99 Å². The fourth-order valence-corrected chi connectivity index (χ4v) is 1.52. The predicted octanol–water partition coefficient (Wildman–Crippen LogP) is 2.36. The zero-order valence-electron chi connectivity index (χ0n) is 8.61. The molecule has 2 nitrogen and oxygen atoms in total. The van der Waals surface area contributed by atoms with E-state index in [2.05, 4.69) is 0 Å². The minimum Gasteiger partial charge on any atom is -0.389 e. The normalized spacial score (nSPS) is 10.1. The minimum absolute atomic E-state index is 0.160. The molecule has 1 aromatic rings. The van der Waals surface area contributed by atoms with Crippen LogP contribution in [0.4, 0.5) is 10.1 Å². The van der Waals surface area contributed by atoms with Crippen LogP contribution in [0.2, 0.25) is 0 Å². The molecule has 1 N–H and O–H groups in total. The Kier molecular flexibility index (Phi) is 4.65. The van der Waals surface area contributed by atoms with Crippen LogP contribution in [0.25, 0.3) is 0 Å². The van der Waals surface area contributed by atoms with Crippen LogP contribution in [0.5, 0.6) is 0 Å². The van der Waals surface area contributed by atoms with Gasteiger partial charge < -0.3 is 10.0 Å². The second-order valence-electron chi connectivity index (χ2n) is 3.18. The lowest BCUT2D eigenvalue weighted by Crippen LogP contribution is -2.32. The highest BCUT2D eigenvalue weighted by molar-refractivity contribution is 7.80. The summed E-state index contributed by atoms with van der Waals surface area (Å²) < 4.78 is 12.7. The Morgan fingerprint density at radius 2 is 2.00 bits per heavy atom. The third-order valence-electron chi connectivity index (χ3n) is 2.02. The molecule has 0 spiro atoms. The van der Waals surface area contributed by atoms with E-state index < -0.39 is 0 Å². The molecule has 0 bridgehead atoms. The number of aliphatic hydroxyl groups is 1. The van der Waals surface area contributed by atoms with Gasteiger partial charge in [-0.05, 0) is 30.7 Å². The molecule has 0 saturated heterocycles. The van der Waals surface area contributed by atoms with Crippen LogP contribution in [-0.2, 0) is 0 Å². The summed E-state index contributed by atoms with van der Waals surface area (Å²) in [5, 5.41) is 8.99. The number of rotatable bonds is 4. The first-order valence-corrected chi connectivity index (χ1v) is 5.26. The molecule has 0 unspecified atom stereocenters. The smallest absolute Gasteiger partial charge is 0.123 e. The van der Waals surface area contributed by atoms with Crippen molar-refractivity contribution < 1.29 is 9.50 Å². The molecule has 15 heavy (non-hydrogen) atoms. The molecule has 0 fully saturated rings. The minimum atomic E-state index is -0.273. The molecular weight excluding hydrogens is 213 g/mol. The SMILES string of the molecule is CCCN(C(=S)CO)c1ccc(F)cc1. The number of hydrogen-bond donors (Lipinski definition) is 1. The number of halogens is 1. The fourth-order valence-electron chi connectivity index (χ4n) is 1.33. The zero-order chi connectivity index (χ0) is 11.3.